The largest absolute Gasteiger partial charge is 0.334 e. The molecule has 0 saturated heterocycles. The maximum Gasteiger partial charge on any atom is 0.319 e. The zero-order valence-corrected chi connectivity index (χ0v) is 11.6. The van der Waals surface area contributed by atoms with Gasteiger partial charge >= 0.3 is 6.03 Å². The Balaban J connectivity index is 1.63. The Morgan fingerprint density at radius 2 is 1.75 bits per heavy atom. The van der Waals surface area contributed by atoms with Gasteiger partial charge in [0.05, 0.1) is 0 Å². The van der Waals surface area contributed by atoms with E-state index in [4.69, 9.17) is 0 Å². The molecule has 3 aromatic rings. The Hall–Kier alpha value is -2.33. The number of urea groups is 1. The van der Waals surface area contributed by atoms with E-state index in [0.29, 0.717) is 6.54 Å². The third-order valence-corrected chi connectivity index (χ3v) is 4.04. The first-order chi connectivity index (χ1) is 9.83. The molecular formula is C16H14N2OS. The summed E-state index contributed by atoms with van der Waals surface area (Å²) in [5.74, 6) is 0. The van der Waals surface area contributed by atoms with Crippen LogP contribution in [-0.2, 0) is 6.54 Å². The van der Waals surface area contributed by atoms with Gasteiger partial charge in [0.15, 0.2) is 0 Å². The normalized spacial score (nSPS) is 10.4. The first kappa shape index (κ1) is 12.7. The second-order valence-corrected chi connectivity index (χ2v) is 5.34. The second kappa shape index (κ2) is 5.75. The molecule has 0 spiro atoms. The summed E-state index contributed by atoms with van der Waals surface area (Å²) in [4.78, 5) is 11.8. The van der Waals surface area contributed by atoms with Crippen molar-refractivity contribution in [2.45, 2.75) is 6.54 Å². The predicted molar refractivity (Wildman–Crippen MR) is 84.1 cm³/mol. The van der Waals surface area contributed by atoms with E-state index in [1.165, 1.54) is 10.1 Å². The number of amides is 2. The van der Waals surface area contributed by atoms with Crippen molar-refractivity contribution < 1.29 is 4.79 Å². The Kier molecular flexibility index (Phi) is 3.65. The summed E-state index contributed by atoms with van der Waals surface area (Å²) in [5, 5.41) is 8.98. The quantitative estimate of drug-likeness (QED) is 0.742. The van der Waals surface area contributed by atoms with Crippen LogP contribution in [0, 0.1) is 0 Å². The number of anilines is 1. The molecule has 1 aromatic heterocycles. The van der Waals surface area contributed by atoms with E-state index >= 15 is 0 Å². The number of carbonyl (C=O) groups is 1. The van der Waals surface area contributed by atoms with Crippen molar-refractivity contribution in [2.24, 2.45) is 0 Å². The molecule has 0 radical (unpaired) electrons. The van der Waals surface area contributed by atoms with E-state index in [2.05, 4.69) is 28.1 Å². The first-order valence-electron chi connectivity index (χ1n) is 6.38. The van der Waals surface area contributed by atoms with Gasteiger partial charge in [0.2, 0.25) is 0 Å². The molecule has 0 saturated carbocycles. The Bertz CT molecular complexity index is 721. The highest BCUT2D eigenvalue weighted by Gasteiger charge is 2.05. The maximum absolute atomic E-state index is 11.8. The number of hydrogen-bond acceptors (Lipinski definition) is 2. The summed E-state index contributed by atoms with van der Waals surface area (Å²) in [5.41, 5.74) is 1.94. The number of thiophene rings is 1. The summed E-state index contributed by atoms with van der Waals surface area (Å²) >= 11 is 1.70. The van der Waals surface area contributed by atoms with Crippen LogP contribution in [0.5, 0.6) is 0 Å². The Morgan fingerprint density at radius 1 is 1.00 bits per heavy atom. The van der Waals surface area contributed by atoms with Gasteiger partial charge in [-0.1, -0.05) is 36.4 Å². The number of para-hydroxylation sites is 1. The van der Waals surface area contributed by atoms with Crippen molar-refractivity contribution in [3.8, 4) is 0 Å². The van der Waals surface area contributed by atoms with Gasteiger partial charge in [-0.15, -0.1) is 11.3 Å². The maximum atomic E-state index is 11.8. The van der Waals surface area contributed by atoms with Crippen molar-refractivity contribution in [1.29, 1.82) is 0 Å². The zero-order chi connectivity index (χ0) is 13.8. The Labute approximate surface area is 121 Å². The van der Waals surface area contributed by atoms with Crippen LogP contribution in [0.1, 0.15) is 5.56 Å². The van der Waals surface area contributed by atoms with E-state index in [1.807, 2.05) is 42.5 Å². The van der Waals surface area contributed by atoms with Crippen molar-refractivity contribution in [2.75, 3.05) is 5.32 Å². The van der Waals surface area contributed by atoms with Gasteiger partial charge in [-0.3, -0.25) is 0 Å². The monoisotopic (exact) mass is 282 g/mol. The summed E-state index contributed by atoms with van der Waals surface area (Å²) in [6.45, 7) is 0.530. The lowest BCUT2D eigenvalue weighted by atomic mass is 10.2. The number of nitrogens with one attached hydrogen (secondary N) is 2. The molecule has 1 heterocycles. The smallest absolute Gasteiger partial charge is 0.319 e. The lowest BCUT2D eigenvalue weighted by Crippen LogP contribution is -2.27. The van der Waals surface area contributed by atoms with Crippen LogP contribution in [0.25, 0.3) is 10.1 Å². The first-order valence-corrected chi connectivity index (χ1v) is 7.26. The van der Waals surface area contributed by atoms with Gasteiger partial charge in [-0.25, -0.2) is 4.79 Å². The van der Waals surface area contributed by atoms with E-state index in [1.54, 1.807) is 11.3 Å². The molecule has 0 atom stereocenters. The van der Waals surface area contributed by atoms with Crippen molar-refractivity contribution in [3.05, 3.63) is 65.5 Å². The topological polar surface area (TPSA) is 41.1 Å². The minimum absolute atomic E-state index is 0.188. The second-order valence-electron chi connectivity index (χ2n) is 4.43. The minimum Gasteiger partial charge on any atom is -0.334 e. The minimum atomic E-state index is -0.188. The highest BCUT2D eigenvalue weighted by Crippen LogP contribution is 2.25. The van der Waals surface area contributed by atoms with E-state index in [-0.39, 0.29) is 6.03 Å². The molecule has 2 N–H and O–H groups in total. The summed E-state index contributed by atoms with van der Waals surface area (Å²) in [7, 11) is 0. The highest BCUT2D eigenvalue weighted by atomic mass is 32.1. The van der Waals surface area contributed by atoms with Gasteiger partial charge in [-0.2, -0.15) is 0 Å². The van der Waals surface area contributed by atoms with Gasteiger partial charge in [0, 0.05) is 16.9 Å². The number of hydrogen-bond donors (Lipinski definition) is 2. The predicted octanol–water partition coefficient (Wildman–Crippen LogP) is 4.22. The van der Waals surface area contributed by atoms with Crippen molar-refractivity contribution in [3.63, 3.8) is 0 Å². The van der Waals surface area contributed by atoms with Crippen LogP contribution >= 0.6 is 11.3 Å². The lowest BCUT2D eigenvalue weighted by molar-refractivity contribution is 0.252. The molecule has 0 unspecified atom stereocenters. The van der Waals surface area contributed by atoms with E-state index < -0.39 is 0 Å². The molecule has 20 heavy (non-hydrogen) atoms. The molecular weight excluding hydrogens is 268 g/mol. The zero-order valence-electron chi connectivity index (χ0n) is 10.8. The fourth-order valence-corrected chi connectivity index (χ4v) is 3.00. The van der Waals surface area contributed by atoms with E-state index in [0.717, 1.165) is 11.3 Å². The fraction of sp³-hybridized carbons (Fsp3) is 0.0625. The average molecular weight is 282 g/mol. The third-order valence-electron chi connectivity index (χ3n) is 3.03. The molecule has 4 heteroatoms. The molecule has 0 aliphatic rings. The van der Waals surface area contributed by atoms with E-state index in [9.17, 15) is 4.79 Å². The van der Waals surface area contributed by atoms with Gasteiger partial charge in [-0.05, 0) is 34.5 Å². The molecule has 3 rings (SSSR count). The van der Waals surface area contributed by atoms with Crippen LogP contribution < -0.4 is 10.6 Å². The summed E-state index contributed by atoms with van der Waals surface area (Å²) in [6, 6.07) is 17.4. The highest BCUT2D eigenvalue weighted by molar-refractivity contribution is 7.17. The van der Waals surface area contributed by atoms with Gasteiger partial charge < -0.3 is 10.6 Å². The number of rotatable bonds is 3. The van der Waals surface area contributed by atoms with Crippen LogP contribution in [0.3, 0.4) is 0 Å². The van der Waals surface area contributed by atoms with Crippen LogP contribution in [0.4, 0.5) is 10.5 Å². The van der Waals surface area contributed by atoms with Gasteiger partial charge in [0.25, 0.3) is 0 Å². The average Bonchev–Trinajstić information content (AvgIpc) is 2.89. The number of carbonyl (C=O) groups excluding carboxylic acids is 1. The molecule has 2 aromatic carbocycles. The standard InChI is InChI=1S/C16H14N2OS/c19-16(18-13-6-2-1-3-7-13)17-10-12-11-20-15-9-5-4-8-14(12)15/h1-9,11H,10H2,(H2,17,18,19). The Morgan fingerprint density at radius 3 is 2.60 bits per heavy atom. The number of fused-ring (bicyclic) bond motifs is 1. The van der Waals surface area contributed by atoms with Crippen molar-refractivity contribution >= 4 is 33.1 Å². The van der Waals surface area contributed by atoms with Crippen LogP contribution in [0.15, 0.2) is 60.0 Å². The number of benzene rings is 2. The fourth-order valence-electron chi connectivity index (χ4n) is 2.04. The van der Waals surface area contributed by atoms with Crippen molar-refractivity contribution in [1.82, 2.24) is 5.32 Å². The molecule has 0 fully saturated rings. The third kappa shape index (κ3) is 2.81. The van der Waals surface area contributed by atoms with Crippen LogP contribution in [-0.4, -0.2) is 6.03 Å². The lowest BCUT2D eigenvalue weighted by Gasteiger charge is -2.07. The molecule has 0 aliphatic heterocycles. The summed E-state index contributed by atoms with van der Waals surface area (Å²) in [6.07, 6.45) is 0. The molecule has 100 valence electrons. The van der Waals surface area contributed by atoms with Crippen LogP contribution in [0.2, 0.25) is 0 Å². The molecule has 0 bridgehead atoms. The SMILES string of the molecule is O=C(NCc1csc2ccccc12)Nc1ccccc1. The summed E-state index contributed by atoms with van der Waals surface area (Å²) < 4.78 is 1.24. The molecule has 2 amide bonds. The molecule has 0 aliphatic carbocycles. The molecule has 3 nitrogen and oxygen atoms in total. The van der Waals surface area contributed by atoms with Gasteiger partial charge in [0.1, 0.15) is 0 Å².